The van der Waals surface area contributed by atoms with Crippen LogP contribution < -0.4 is 10.4 Å². The van der Waals surface area contributed by atoms with Gasteiger partial charge in [0.15, 0.2) is 0 Å². The zero-order valence-electron chi connectivity index (χ0n) is 13.6. The predicted molar refractivity (Wildman–Crippen MR) is 97.1 cm³/mol. The van der Waals surface area contributed by atoms with Gasteiger partial charge in [0.1, 0.15) is 0 Å². The second-order valence-electron chi connectivity index (χ2n) is 6.09. The van der Waals surface area contributed by atoms with E-state index in [9.17, 15) is 0 Å². The van der Waals surface area contributed by atoms with E-state index in [1.54, 1.807) is 0 Å². The summed E-state index contributed by atoms with van der Waals surface area (Å²) in [6, 6.07) is 15.1. The lowest BCUT2D eigenvalue weighted by Crippen LogP contribution is -2.46. The number of benzene rings is 1. The van der Waals surface area contributed by atoms with Gasteiger partial charge < -0.3 is 5.01 Å². The molecule has 0 radical (unpaired) electrons. The van der Waals surface area contributed by atoms with E-state index in [4.69, 9.17) is 0 Å². The van der Waals surface area contributed by atoms with Crippen LogP contribution >= 0.6 is 0 Å². The topological polar surface area (TPSA) is 28.2 Å². The maximum absolute atomic E-state index is 4.13. The van der Waals surface area contributed by atoms with E-state index < -0.39 is 0 Å². The van der Waals surface area contributed by atoms with Crippen molar-refractivity contribution in [1.29, 1.82) is 0 Å². The number of nitrogens with one attached hydrogen (secondary N) is 1. The van der Waals surface area contributed by atoms with Crippen molar-refractivity contribution in [3.63, 3.8) is 0 Å². The highest BCUT2D eigenvalue weighted by molar-refractivity contribution is 5.51. The Morgan fingerprint density at radius 2 is 1.74 bits per heavy atom. The Labute approximate surface area is 139 Å². The molecular formula is C20H25N3. The first-order valence-electron chi connectivity index (χ1n) is 8.57. The van der Waals surface area contributed by atoms with Crippen LogP contribution in [0.2, 0.25) is 0 Å². The molecule has 1 aliphatic rings. The van der Waals surface area contributed by atoms with E-state index in [0.717, 1.165) is 6.54 Å². The molecule has 1 heterocycles. The van der Waals surface area contributed by atoms with Crippen LogP contribution in [0, 0.1) is 0 Å². The van der Waals surface area contributed by atoms with Crippen LogP contribution in [-0.4, -0.2) is 17.6 Å². The molecule has 1 aromatic heterocycles. The Hall–Kier alpha value is -2.13. The number of rotatable bonds is 6. The average molecular weight is 307 g/mol. The third-order valence-electron chi connectivity index (χ3n) is 4.32. The van der Waals surface area contributed by atoms with Crippen LogP contribution in [0.3, 0.4) is 0 Å². The fourth-order valence-corrected chi connectivity index (χ4v) is 3.07. The van der Waals surface area contributed by atoms with E-state index in [-0.39, 0.29) is 0 Å². The van der Waals surface area contributed by atoms with Crippen LogP contribution in [0.1, 0.15) is 37.7 Å². The molecule has 2 aromatic rings. The van der Waals surface area contributed by atoms with E-state index in [1.165, 1.54) is 43.4 Å². The molecule has 1 fully saturated rings. The van der Waals surface area contributed by atoms with E-state index in [2.05, 4.69) is 64.0 Å². The largest absolute Gasteiger partial charge is 0.304 e. The van der Waals surface area contributed by atoms with Crippen molar-refractivity contribution in [2.45, 2.75) is 38.1 Å². The maximum Gasteiger partial charge on any atom is 0.0554 e. The predicted octanol–water partition coefficient (Wildman–Crippen LogP) is 4.44. The minimum atomic E-state index is 0.585. The number of pyridine rings is 1. The van der Waals surface area contributed by atoms with Crippen molar-refractivity contribution < 1.29 is 0 Å². The highest BCUT2D eigenvalue weighted by atomic mass is 15.5. The van der Waals surface area contributed by atoms with Gasteiger partial charge >= 0.3 is 0 Å². The van der Waals surface area contributed by atoms with Gasteiger partial charge in [0.25, 0.3) is 0 Å². The van der Waals surface area contributed by atoms with Gasteiger partial charge in [0.05, 0.1) is 12.2 Å². The number of hydrogen-bond donors (Lipinski definition) is 1. The van der Waals surface area contributed by atoms with Gasteiger partial charge in [-0.1, -0.05) is 61.7 Å². The molecule has 3 heteroatoms. The van der Waals surface area contributed by atoms with Crippen LogP contribution in [0.5, 0.6) is 0 Å². The summed E-state index contributed by atoms with van der Waals surface area (Å²) < 4.78 is 0. The van der Waals surface area contributed by atoms with Crippen LogP contribution in [0.4, 0.5) is 5.69 Å². The zero-order chi connectivity index (χ0) is 15.7. The van der Waals surface area contributed by atoms with Gasteiger partial charge in [-0.2, -0.15) is 0 Å². The molecule has 3 nitrogen and oxygen atoms in total. The summed E-state index contributed by atoms with van der Waals surface area (Å²) in [4.78, 5) is 4.13. The van der Waals surface area contributed by atoms with Gasteiger partial charge in [-0.3, -0.25) is 4.98 Å². The number of hydrogen-bond acceptors (Lipinski definition) is 3. The van der Waals surface area contributed by atoms with E-state index >= 15 is 0 Å². The minimum Gasteiger partial charge on any atom is -0.304 e. The number of hydrazine groups is 1. The molecule has 0 aliphatic heterocycles. The lowest BCUT2D eigenvalue weighted by Gasteiger charge is -2.32. The molecule has 0 amide bonds. The second-order valence-corrected chi connectivity index (χ2v) is 6.09. The molecule has 3 rings (SSSR count). The quantitative estimate of drug-likeness (QED) is 0.800. The highest BCUT2D eigenvalue weighted by Gasteiger charge is 2.16. The summed E-state index contributed by atoms with van der Waals surface area (Å²) in [6.45, 7) is 0.843. The normalized spacial score (nSPS) is 15.8. The summed E-state index contributed by atoms with van der Waals surface area (Å²) in [5.74, 6) is 0. The molecule has 1 aliphatic carbocycles. The SMILES string of the molecule is C(=Cc1ccccc1)CN(NC1CCCCC1)c1ccncc1. The van der Waals surface area contributed by atoms with Crippen molar-refractivity contribution in [2.24, 2.45) is 0 Å². The lowest BCUT2D eigenvalue weighted by molar-refractivity contribution is 0.367. The summed E-state index contributed by atoms with van der Waals surface area (Å²) in [5.41, 5.74) is 6.12. The van der Waals surface area contributed by atoms with Gasteiger partial charge in [-0.15, -0.1) is 0 Å². The van der Waals surface area contributed by atoms with Crippen molar-refractivity contribution in [3.05, 3.63) is 66.5 Å². The van der Waals surface area contributed by atoms with E-state index in [0.29, 0.717) is 6.04 Å². The molecule has 0 atom stereocenters. The minimum absolute atomic E-state index is 0.585. The molecule has 0 unspecified atom stereocenters. The molecular weight excluding hydrogens is 282 g/mol. The standard InChI is InChI=1S/C20H25N3/c1-3-8-18(9-4-1)10-7-17-23(20-13-15-21-16-14-20)22-19-11-5-2-6-12-19/h1,3-4,7-10,13-16,19,22H,2,5-6,11-12,17H2. The second kappa shape index (κ2) is 8.49. The Kier molecular flexibility index (Phi) is 5.81. The first-order valence-corrected chi connectivity index (χ1v) is 8.57. The van der Waals surface area contributed by atoms with Gasteiger partial charge in [-0.05, 0) is 30.5 Å². The fourth-order valence-electron chi connectivity index (χ4n) is 3.07. The summed E-state index contributed by atoms with van der Waals surface area (Å²) in [6.07, 6.45) is 14.7. The third kappa shape index (κ3) is 4.93. The fraction of sp³-hybridized carbons (Fsp3) is 0.350. The molecule has 0 saturated heterocycles. The first kappa shape index (κ1) is 15.8. The summed E-state index contributed by atoms with van der Waals surface area (Å²) in [7, 11) is 0. The number of aromatic nitrogens is 1. The molecule has 1 N–H and O–H groups in total. The van der Waals surface area contributed by atoms with Crippen molar-refractivity contribution in [2.75, 3.05) is 11.6 Å². The van der Waals surface area contributed by atoms with Crippen molar-refractivity contribution in [3.8, 4) is 0 Å². The van der Waals surface area contributed by atoms with Crippen LogP contribution in [0.15, 0.2) is 60.9 Å². The Morgan fingerprint density at radius 1 is 1.00 bits per heavy atom. The van der Waals surface area contributed by atoms with Gasteiger partial charge in [0, 0.05) is 18.4 Å². The van der Waals surface area contributed by atoms with Crippen LogP contribution in [-0.2, 0) is 0 Å². The first-order chi connectivity index (χ1) is 11.4. The highest BCUT2D eigenvalue weighted by Crippen LogP contribution is 2.19. The van der Waals surface area contributed by atoms with Gasteiger partial charge in [0.2, 0.25) is 0 Å². The maximum atomic E-state index is 4.13. The van der Waals surface area contributed by atoms with Gasteiger partial charge in [-0.25, -0.2) is 5.43 Å². The van der Waals surface area contributed by atoms with Crippen LogP contribution in [0.25, 0.3) is 6.08 Å². The molecule has 0 spiro atoms. The van der Waals surface area contributed by atoms with E-state index in [1.807, 2.05) is 18.5 Å². The average Bonchev–Trinajstić information content (AvgIpc) is 2.63. The molecule has 23 heavy (non-hydrogen) atoms. The summed E-state index contributed by atoms with van der Waals surface area (Å²) >= 11 is 0. The monoisotopic (exact) mass is 307 g/mol. The zero-order valence-corrected chi connectivity index (χ0v) is 13.6. The molecule has 0 bridgehead atoms. The molecule has 120 valence electrons. The Morgan fingerprint density at radius 3 is 2.48 bits per heavy atom. The smallest absolute Gasteiger partial charge is 0.0554 e. The summed E-state index contributed by atoms with van der Waals surface area (Å²) in [5, 5.41) is 2.25. The van der Waals surface area contributed by atoms with Crippen molar-refractivity contribution in [1.82, 2.24) is 10.4 Å². The Bertz CT molecular complexity index is 589. The molecule has 1 saturated carbocycles. The number of anilines is 1. The lowest BCUT2D eigenvalue weighted by atomic mass is 9.96. The Balaban J connectivity index is 1.66. The number of nitrogens with zero attached hydrogens (tertiary/aromatic N) is 2. The third-order valence-corrected chi connectivity index (χ3v) is 4.32. The molecule has 1 aromatic carbocycles. The van der Waals surface area contributed by atoms with Crippen molar-refractivity contribution >= 4 is 11.8 Å².